The topological polar surface area (TPSA) is 88.4 Å². The molecule has 1 fully saturated rings. The molecule has 7 nitrogen and oxygen atoms in total. The molecule has 1 N–H and O–H groups in total. The zero-order valence-corrected chi connectivity index (χ0v) is 21.2. The monoisotopic (exact) mass is 532 g/mol. The molecular weight excluding hydrogens is 508 g/mol. The number of likely N-dealkylation sites (N-methyl/N-ethyl adjacent to an activating group) is 1. The maximum absolute atomic E-state index is 13.1. The number of nitrogens with zero attached hydrogens (tertiary/aromatic N) is 2. The number of ether oxygens (including phenoxy) is 2. The van der Waals surface area contributed by atoms with Gasteiger partial charge in [0.05, 0.1) is 21.7 Å². The molecule has 0 unspecified atom stereocenters. The third-order valence-corrected chi connectivity index (χ3v) is 6.35. The van der Waals surface area contributed by atoms with Crippen LogP contribution in [0.15, 0.2) is 44.7 Å². The molecule has 174 valence electrons. The number of amidine groups is 1. The Morgan fingerprint density at radius 2 is 1.97 bits per heavy atom. The molecule has 2 aromatic rings. The van der Waals surface area contributed by atoms with Crippen molar-refractivity contribution < 1.29 is 24.2 Å². The average molecular weight is 533 g/mol. The zero-order valence-electron chi connectivity index (χ0n) is 18.8. The number of aliphatic carboxylic acids is 1. The van der Waals surface area contributed by atoms with Gasteiger partial charge in [-0.1, -0.05) is 12.1 Å². The fourth-order valence-corrected chi connectivity index (χ4v) is 4.80. The predicted molar refractivity (Wildman–Crippen MR) is 134 cm³/mol. The molecule has 9 heteroatoms. The summed E-state index contributed by atoms with van der Waals surface area (Å²) in [6.45, 7) is 8.13. The Balaban J connectivity index is 1.97. The third-order valence-electron chi connectivity index (χ3n) is 4.75. The minimum absolute atomic E-state index is 0.119. The molecule has 3 rings (SSSR count). The van der Waals surface area contributed by atoms with Gasteiger partial charge >= 0.3 is 5.97 Å². The van der Waals surface area contributed by atoms with Gasteiger partial charge < -0.3 is 14.6 Å². The second-order valence-corrected chi connectivity index (χ2v) is 9.15. The van der Waals surface area contributed by atoms with Gasteiger partial charge in [-0.3, -0.25) is 9.69 Å². The molecule has 0 aliphatic carbocycles. The van der Waals surface area contributed by atoms with Crippen LogP contribution in [0.4, 0.5) is 5.69 Å². The van der Waals surface area contributed by atoms with Gasteiger partial charge in [0.1, 0.15) is 0 Å². The number of amides is 1. The molecule has 0 radical (unpaired) electrons. The quantitative estimate of drug-likeness (QED) is 0.448. The molecule has 0 atom stereocenters. The van der Waals surface area contributed by atoms with Crippen molar-refractivity contribution in [1.29, 1.82) is 0 Å². The number of carboxylic acids is 1. The van der Waals surface area contributed by atoms with Crippen LogP contribution in [0.1, 0.15) is 30.5 Å². The van der Waals surface area contributed by atoms with Gasteiger partial charge in [-0.05, 0) is 96.4 Å². The summed E-state index contributed by atoms with van der Waals surface area (Å²) >= 11 is 4.75. The number of aliphatic imine (C=N–C) groups is 1. The number of aryl methyl sites for hydroxylation is 2. The standard InChI is InChI=1S/C24H25BrN2O5S/c1-5-27-23(30)20(33-24(27)26-18-9-14(3)7-8-15(18)4)12-16-10-17(25)22(32-13-21(28)29)19(11-16)31-6-2/h7-12H,5-6,13H2,1-4H3,(H,28,29)/b20-12+,26-24?. The molecule has 1 aliphatic heterocycles. The summed E-state index contributed by atoms with van der Waals surface area (Å²) in [5.41, 5.74) is 3.70. The number of thioether (sulfide) groups is 1. The minimum atomic E-state index is -1.08. The van der Waals surface area contributed by atoms with E-state index in [2.05, 4.69) is 15.9 Å². The highest BCUT2D eigenvalue weighted by Crippen LogP contribution is 2.40. The van der Waals surface area contributed by atoms with Crippen molar-refractivity contribution in [3.8, 4) is 11.5 Å². The summed E-state index contributed by atoms with van der Waals surface area (Å²) in [6, 6.07) is 9.54. The van der Waals surface area contributed by atoms with Gasteiger partial charge in [-0.2, -0.15) is 0 Å². The Labute approximate surface area is 205 Å². The first-order chi connectivity index (χ1) is 15.7. The highest BCUT2D eigenvalue weighted by Gasteiger charge is 2.32. The van der Waals surface area contributed by atoms with E-state index in [0.29, 0.717) is 44.8 Å². The molecule has 0 bridgehead atoms. The summed E-state index contributed by atoms with van der Waals surface area (Å²) in [6.07, 6.45) is 1.77. The van der Waals surface area contributed by atoms with Crippen molar-refractivity contribution in [2.75, 3.05) is 19.8 Å². The number of rotatable bonds is 8. The molecule has 1 heterocycles. The molecule has 1 aliphatic rings. The van der Waals surface area contributed by atoms with Gasteiger partial charge in [0, 0.05) is 6.54 Å². The van der Waals surface area contributed by atoms with Gasteiger partial charge in [-0.15, -0.1) is 0 Å². The van der Waals surface area contributed by atoms with E-state index in [1.807, 2.05) is 45.9 Å². The van der Waals surface area contributed by atoms with E-state index in [0.717, 1.165) is 16.8 Å². The van der Waals surface area contributed by atoms with E-state index in [1.54, 1.807) is 23.1 Å². The van der Waals surface area contributed by atoms with Crippen LogP contribution in [-0.2, 0) is 9.59 Å². The lowest BCUT2D eigenvalue weighted by Crippen LogP contribution is -2.28. The Morgan fingerprint density at radius 1 is 1.21 bits per heavy atom. The molecular formula is C24H25BrN2O5S. The molecule has 33 heavy (non-hydrogen) atoms. The first-order valence-electron chi connectivity index (χ1n) is 10.4. The van der Waals surface area contributed by atoms with E-state index < -0.39 is 12.6 Å². The Morgan fingerprint density at radius 3 is 2.64 bits per heavy atom. The van der Waals surface area contributed by atoms with Gasteiger partial charge in [0.25, 0.3) is 5.91 Å². The average Bonchev–Trinajstić information content (AvgIpc) is 3.04. The molecule has 0 aromatic heterocycles. The van der Waals surface area contributed by atoms with E-state index in [-0.39, 0.29) is 5.91 Å². The van der Waals surface area contributed by atoms with E-state index in [9.17, 15) is 9.59 Å². The van der Waals surface area contributed by atoms with Crippen LogP contribution < -0.4 is 9.47 Å². The molecule has 1 amide bonds. The zero-order chi connectivity index (χ0) is 24.1. The Kier molecular flexibility index (Phi) is 8.20. The van der Waals surface area contributed by atoms with Gasteiger partial charge in [0.15, 0.2) is 23.3 Å². The van der Waals surface area contributed by atoms with Crippen LogP contribution in [0.5, 0.6) is 11.5 Å². The summed E-state index contributed by atoms with van der Waals surface area (Å²) in [7, 11) is 0. The fraction of sp³-hybridized carbons (Fsp3) is 0.292. The van der Waals surface area contributed by atoms with Crippen molar-refractivity contribution in [1.82, 2.24) is 4.90 Å². The lowest BCUT2D eigenvalue weighted by Gasteiger charge is -2.14. The first-order valence-corrected chi connectivity index (χ1v) is 12.0. The number of hydrogen-bond acceptors (Lipinski definition) is 6. The van der Waals surface area contributed by atoms with Crippen molar-refractivity contribution >= 4 is 56.5 Å². The smallest absolute Gasteiger partial charge is 0.341 e. The van der Waals surface area contributed by atoms with Crippen LogP contribution >= 0.6 is 27.7 Å². The van der Waals surface area contributed by atoms with Crippen LogP contribution in [0, 0.1) is 13.8 Å². The van der Waals surface area contributed by atoms with Crippen LogP contribution in [0.2, 0.25) is 0 Å². The van der Waals surface area contributed by atoms with Crippen molar-refractivity contribution in [2.24, 2.45) is 4.99 Å². The Bertz CT molecular complexity index is 1150. The number of benzene rings is 2. The second-order valence-electron chi connectivity index (χ2n) is 7.29. The van der Waals surface area contributed by atoms with Crippen LogP contribution in [-0.4, -0.2) is 46.8 Å². The molecule has 1 saturated heterocycles. The maximum Gasteiger partial charge on any atom is 0.341 e. The molecule has 2 aromatic carbocycles. The van der Waals surface area contributed by atoms with E-state index in [1.165, 1.54) is 11.8 Å². The summed E-state index contributed by atoms with van der Waals surface area (Å²) in [5, 5.41) is 9.56. The number of carbonyl (C=O) groups is 2. The van der Waals surface area contributed by atoms with Crippen LogP contribution in [0.25, 0.3) is 6.08 Å². The Hall–Kier alpha value is -2.78. The van der Waals surface area contributed by atoms with E-state index in [4.69, 9.17) is 19.6 Å². The molecule has 0 spiro atoms. The molecule has 0 saturated carbocycles. The largest absolute Gasteiger partial charge is 0.490 e. The number of carbonyl (C=O) groups excluding carboxylic acids is 1. The fourth-order valence-electron chi connectivity index (χ4n) is 3.17. The number of halogens is 1. The first kappa shape index (κ1) is 24.9. The van der Waals surface area contributed by atoms with Crippen molar-refractivity contribution in [2.45, 2.75) is 27.7 Å². The van der Waals surface area contributed by atoms with Crippen LogP contribution in [0.3, 0.4) is 0 Å². The minimum Gasteiger partial charge on any atom is -0.490 e. The number of hydrogen-bond donors (Lipinski definition) is 1. The second kappa shape index (κ2) is 10.9. The summed E-state index contributed by atoms with van der Waals surface area (Å²) < 4.78 is 11.6. The lowest BCUT2D eigenvalue weighted by molar-refractivity contribution is -0.139. The predicted octanol–water partition coefficient (Wildman–Crippen LogP) is 5.55. The maximum atomic E-state index is 13.1. The van der Waals surface area contributed by atoms with Gasteiger partial charge in [-0.25, -0.2) is 9.79 Å². The van der Waals surface area contributed by atoms with Crippen molar-refractivity contribution in [3.05, 3.63) is 56.4 Å². The number of carboxylic acid groups (broad SMARTS) is 1. The van der Waals surface area contributed by atoms with E-state index >= 15 is 0 Å². The normalized spacial score (nSPS) is 16.0. The summed E-state index contributed by atoms with van der Waals surface area (Å²) in [5.74, 6) is -0.503. The highest BCUT2D eigenvalue weighted by atomic mass is 79.9. The third kappa shape index (κ3) is 5.97. The SMILES string of the molecule is CCOc1cc(/C=C2/SC(=Nc3cc(C)ccc3C)N(CC)C2=O)cc(Br)c1OCC(=O)O. The summed E-state index contributed by atoms with van der Waals surface area (Å²) in [4.78, 5) is 30.9. The van der Waals surface area contributed by atoms with Gasteiger partial charge in [0.2, 0.25) is 0 Å². The van der Waals surface area contributed by atoms with Crippen molar-refractivity contribution in [3.63, 3.8) is 0 Å². The lowest BCUT2D eigenvalue weighted by atomic mass is 10.1. The highest BCUT2D eigenvalue weighted by molar-refractivity contribution is 9.10.